The van der Waals surface area contributed by atoms with E-state index in [-0.39, 0.29) is 23.5 Å². The van der Waals surface area contributed by atoms with Crippen LogP contribution in [0.1, 0.15) is 36.7 Å². The number of hydrogen-bond donors (Lipinski definition) is 0. The van der Waals surface area contributed by atoms with Gasteiger partial charge in [-0.1, -0.05) is 13.8 Å². The fraction of sp³-hybridized carbons (Fsp3) is 0.412. The number of nitrogens with zero attached hydrogens (tertiary/aromatic N) is 1. The standard InChI is InChI=1S/C17H18F3NO3/c1-4-24-16(23)13-9-21(8-10(2)3)14-6-5-11(17(18,19)20)7-12(14)15(13)22/h5-7,9-10H,4,8H2,1-3H3. The Morgan fingerprint density at radius 2 is 1.96 bits per heavy atom. The quantitative estimate of drug-likeness (QED) is 0.794. The molecule has 7 heteroatoms. The van der Waals surface area contributed by atoms with Crippen molar-refractivity contribution in [3.05, 3.63) is 45.7 Å². The van der Waals surface area contributed by atoms with Crippen molar-refractivity contribution in [2.45, 2.75) is 33.5 Å². The zero-order chi connectivity index (χ0) is 18.1. The van der Waals surface area contributed by atoms with E-state index in [0.717, 1.165) is 12.1 Å². The molecule has 0 aliphatic carbocycles. The Bertz CT molecular complexity index is 822. The second-order valence-corrected chi connectivity index (χ2v) is 5.87. The second-order valence-electron chi connectivity index (χ2n) is 5.87. The summed E-state index contributed by atoms with van der Waals surface area (Å²) in [7, 11) is 0. The summed E-state index contributed by atoms with van der Waals surface area (Å²) in [4.78, 5) is 24.5. The maximum absolute atomic E-state index is 12.9. The van der Waals surface area contributed by atoms with Crippen LogP contribution < -0.4 is 5.43 Å². The van der Waals surface area contributed by atoms with Crippen LogP contribution in [0.5, 0.6) is 0 Å². The van der Waals surface area contributed by atoms with Crippen molar-refractivity contribution in [2.24, 2.45) is 5.92 Å². The highest BCUT2D eigenvalue weighted by Gasteiger charge is 2.31. The first-order chi connectivity index (χ1) is 11.1. The molecule has 0 unspecified atom stereocenters. The topological polar surface area (TPSA) is 48.3 Å². The average molecular weight is 341 g/mol. The molecule has 0 radical (unpaired) electrons. The van der Waals surface area contributed by atoms with Gasteiger partial charge in [0, 0.05) is 18.1 Å². The van der Waals surface area contributed by atoms with E-state index in [1.54, 1.807) is 11.5 Å². The van der Waals surface area contributed by atoms with Gasteiger partial charge in [0.1, 0.15) is 5.56 Å². The van der Waals surface area contributed by atoms with Gasteiger partial charge in [-0.2, -0.15) is 13.2 Å². The molecule has 0 spiro atoms. The normalized spacial score (nSPS) is 12.0. The molecule has 0 saturated carbocycles. The van der Waals surface area contributed by atoms with Gasteiger partial charge in [0.05, 0.1) is 17.7 Å². The highest BCUT2D eigenvalue weighted by molar-refractivity contribution is 5.94. The first-order valence-electron chi connectivity index (χ1n) is 7.56. The highest BCUT2D eigenvalue weighted by atomic mass is 19.4. The summed E-state index contributed by atoms with van der Waals surface area (Å²) in [5, 5.41) is -0.143. The molecule has 130 valence electrons. The fourth-order valence-electron chi connectivity index (χ4n) is 2.47. The number of aromatic nitrogens is 1. The predicted molar refractivity (Wildman–Crippen MR) is 84.0 cm³/mol. The van der Waals surface area contributed by atoms with Gasteiger partial charge in [0.25, 0.3) is 0 Å². The van der Waals surface area contributed by atoms with Gasteiger partial charge in [-0.15, -0.1) is 0 Å². The van der Waals surface area contributed by atoms with Crippen molar-refractivity contribution in [3.63, 3.8) is 0 Å². The Labute approximate surface area is 136 Å². The van der Waals surface area contributed by atoms with Crippen LogP contribution in [0.3, 0.4) is 0 Å². The number of halogens is 3. The van der Waals surface area contributed by atoms with Crippen LogP contribution >= 0.6 is 0 Å². The number of pyridine rings is 1. The molecular formula is C17H18F3NO3. The van der Waals surface area contributed by atoms with E-state index in [2.05, 4.69) is 0 Å². The Morgan fingerprint density at radius 3 is 2.50 bits per heavy atom. The molecule has 0 amide bonds. The number of fused-ring (bicyclic) bond motifs is 1. The first-order valence-corrected chi connectivity index (χ1v) is 7.56. The number of carbonyl (C=O) groups is 1. The van der Waals surface area contributed by atoms with Crippen molar-refractivity contribution < 1.29 is 22.7 Å². The molecule has 1 aromatic carbocycles. The van der Waals surface area contributed by atoms with Gasteiger partial charge in [0.15, 0.2) is 0 Å². The zero-order valence-electron chi connectivity index (χ0n) is 13.6. The molecule has 1 heterocycles. The predicted octanol–water partition coefficient (Wildman–Crippen LogP) is 3.85. The minimum absolute atomic E-state index is 0.0725. The van der Waals surface area contributed by atoms with Crippen molar-refractivity contribution >= 4 is 16.9 Å². The molecule has 0 N–H and O–H groups in total. The van der Waals surface area contributed by atoms with Crippen molar-refractivity contribution in [1.29, 1.82) is 0 Å². The van der Waals surface area contributed by atoms with E-state index in [4.69, 9.17) is 4.74 Å². The maximum Gasteiger partial charge on any atom is 0.416 e. The van der Waals surface area contributed by atoms with E-state index in [1.165, 1.54) is 12.3 Å². The van der Waals surface area contributed by atoms with Gasteiger partial charge in [-0.05, 0) is 31.0 Å². The molecule has 0 aliphatic heterocycles. The molecule has 0 saturated heterocycles. The number of hydrogen-bond acceptors (Lipinski definition) is 3. The highest BCUT2D eigenvalue weighted by Crippen LogP contribution is 2.31. The summed E-state index contributed by atoms with van der Waals surface area (Å²) in [6, 6.07) is 2.98. The van der Waals surface area contributed by atoms with Crippen LogP contribution in [0.25, 0.3) is 10.9 Å². The van der Waals surface area contributed by atoms with Crippen molar-refractivity contribution in [1.82, 2.24) is 4.57 Å². The summed E-state index contributed by atoms with van der Waals surface area (Å²) in [6.07, 6.45) is -3.21. The largest absolute Gasteiger partial charge is 0.462 e. The molecule has 2 rings (SSSR count). The lowest BCUT2D eigenvalue weighted by molar-refractivity contribution is -0.137. The first kappa shape index (κ1) is 18.0. The maximum atomic E-state index is 12.9. The SMILES string of the molecule is CCOC(=O)c1cn(CC(C)C)c2ccc(C(F)(F)F)cc2c1=O. The van der Waals surface area contributed by atoms with Crippen molar-refractivity contribution in [2.75, 3.05) is 6.61 Å². The van der Waals surface area contributed by atoms with Crippen LogP contribution in [-0.2, 0) is 17.5 Å². The smallest absolute Gasteiger partial charge is 0.416 e. The lowest BCUT2D eigenvalue weighted by Crippen LogP contribution is -2.22. The molecular weight excluding hydrogens is 323 g/mol. The molecule has 0 fully saturated rings. The molecule has 0 bridgehead atoms. The number of benzene rings is 1. The van der Waals surface area contributed by atoms with E-state index >= 15 is 0 Å². The third-order valence-corrected chi connectivity index (χ3v) is 3.46. The van der Waals surface area contributed by atoms with Crippen molar-refractivity contribution in [3.8, 4) is 0 Å². The second kappa shape index (κ2) is 6.67. The van der Waals surface area contributed by atoms with Gasteiger partial charge in [-0.3, -0.25) is 4.79 Å². The molecule has 24 heavy (non-hydrogen) atoms. The van der Waals surface area contributed by atoms with Crippen LogP contribution in [0, 0.1) is 5.92 Å². The number of esters is 1. The summed E-state index contributed by atoms with van der Waals surface area (Å²) >= 11 is 0. The van der Waals surface area contributed by atoms with Gasteiger partial charge in [0.2, 0.25) is 5.43 Å². The Hall–Kier alpha value is -2.31. The monoisotopic (exact) mass is 341 g/mol. The molecule has 0 atom stereocenters. The van der Waals surface area contributed by atoms with Gasteiger partial charge < -0.3 is 9.30 Å². The number of alkyl halides is 3. The molecule has 1 aromatic heterocycles. The van der Waals surface area contributed by atoms with Gasteiger partial charge >= 0.3 is 12.1 Å². The van der Waals surface area contributed by atoms with Gasteiger partial charge in [-0.25, -0.2) is 4.79 Å². The Balaban J connectivity index is 2.78. The lowest BCUT2D eigenvalue weighted by atomic mass is 10.1. The Morgan fingerprint density at radius 1 is 1.29 bits per heavy atom. The van der Waals surface area contributed by atoms with E-state index in [1.807, 2.05) is 13.8 Å². The fourth-order valence-corrected chi connectivity index (χ4v) is 2.47. The van der Waals surface area contributed by atoms with Crippen LogP contribution in [-0.4, -0.2) is 17.1 Å². The minimum atomic E-state index is -4.57. The summed E-state index contributed by atoms with van der Waals surface area (Å²) in [5.41, 5.74) is -1.59. The summed E-state index contributed by atoms with van der Waals surface area (Å²) in [6.45, 7) is 5.97. The average Bonchev–Trinajstić information content (AvgIpc) is 2.48. The summed E-state index contributed by atoms with van der Waals surface area (Å²) < 4.78 is 45.3. The van der Waals surface area contributed by atoms with Crippen LogP contribution in [0.15, 0.2) is 29.2 Å². The van der Waals surface area contributed by atoms with E-state index < -0.39 is 23.1 Å². The minimum Gasteiger partial charge on any atom is -0.462 e. The zero-order valence-corrected chi connectivity index (χ0v) is 13.6. The Kier molecular flexibility index (Phi) is 5.01. The van der Waals surface area contributed by atoms with Crippen LogP contribution in [0.4, 0.5) is 13.2 Å². The van der Waals surface area contributed by atoms with E-state index in [0.29, 0.717) is 12.1 Å². The molecule has 2 aromatic rings. The third kappa shape index (κ3) is 3.60. The molecule has 4 nitrogen and oxygen atoms in total. The number of carbonyl (C=O) groups excluding carboxylic acids is 1. The lowest BCUT2D eigenvalue weighted by Gasteiger charge is -2.16. The van der Waals surface area contributed by atoms with Crippen LogP contribution in [0.2, 0.25) is 0 Å². The third-order valence-electron chi connectivity index (χ3n) is 3.46. The molecule has 0 aliphatic rings. The summed E-state index contributed by atoms with van der Waals surface area (Å²) in [5.74, 6) is -0.660. The number of rotatable bonds is 4. The number of ether oxygens (including phenoxy) is 1. The van der Waals surface area contributed by atoms with E-state index in [9.17, 15) is 22.8 Å².